The van der Waals surface area contributed by atoms with Gasteiger partial charge in [-0.25, -0.2) is 9.97 Å². The molecule has 2 aromatic rings. The molecule has 2 N–H and O–H groups in total. The van der Waals surface area contributed by atoms with Crippen LogP contribution in [0.4, 0.5) is 17.3 Å². The van der Waals surface area contributed by atoms with E-state index < -0.39 is 0 Å². The number of hydrogen-bond donors (Lipinski definition) is 2. The lowest BCUT2D eigenvalue weighted by Gasteiger charge is -2.17. The molecule has 1 fully saturated rings. The molecule has 0 spiro atoms. The van der Waals surface area contributed by atoms with E-state index in [0.29, 0.717) is 11.6 Å². The molecule has 1 aromatic carbocycles. The van der Waals surface area contributed by atoms with Crippen molar-refractivity contribution in [1.29, 1.82) is 0 Å². The van der Waals surface area contributed by atoms with Gasteiger partial charge in [-0.2, -0.15) is 0 Å². The first-order valence-corrected chi connectivity index (χ1v) is 8.67. The highest BCUT2D eigenvalue weighted by Gasteiger charge is 2.12. The van der Waals surface area contributed by atoms with Crippen LogP contribution in [0.3, 0.4) is 0 Å². The van der Waals surface area contributed by atoms with E-state index in [9.17, 15) is 4.79 Å². The van der Waals surface area contributed by atoms with Crippen molar-refractivity contribution in [3.63, 3.8) is 0 Å². The van der Waals surface area contributed by atoms with Crippen LogP contribution in [0.25, 0.3) is 0 Å². The number of aromatic nitrogens is 2. The molecule has 1 aliphatic rings. The molecule has 0 aliphatic heterocycles. The predicted molar refractivity (Wildman–Crippen MR) is 96.9 cm³/mol. The quantitative estimate of drug-likeness (QED) is 0.623. The van der Waals surface area contributed by atoms with E-state index in [1.54, 1.807) is 13.3 Å². The Balaban J connectivity index is 1.68. The molecule has 5 heteroatoms. The van der Waals surface area contributed by atoms with Crippen molar-refractivity contribution in [1.82, 2.24) is 9.97 Å². The Bertz CT molecular complexity index is 693. The summed E-state index contributed by atoms with van der Waals surface area (Å²) in [6, 6.07) is 9.86. The second kappa shape index (κ2) is 7.90. The highest BCUT2D eigenvalue weighted by Crippen LogP contribution is 2.22. The van der Waals surface area contributed by atoms with Crippen molar-refractivity contribution >= 4 is 23.1 Å². The van der Waals surface area contributed by atoms with Gasteiger partial charge in [0.2, 0.25) is 0 Å². The molecule has 5 nitrogen and oxygen atoms in total. The van der Waals surface area contributed by atoms with E-state index in [1.807, 2.05) is 30.3 Å². The summed E-state index contributed by atoms with van der Waals surface area (Å²) in [5.74, 6) is 1.63. The van der Waals surface area contributed by atoms with Crippen LogP contribution >= 0.6 is 0 Å². The third kappa shape index (κ3) is 4.54. The lowest BCUT2D eigenvalue weighted by atomic mass is 10.1. The SMILES string of the molecule is CC(=O)c1cccc(Nc2cc(NC3CCCCCC3)ncn2)c1. The molecule has 0 amide bonds. The number of hydrogen-bond acceptors (Lipinski definition) is 5. The Kier molecular flexibility index (Phi) is 5.41. The first-order chi connectivity index (χ1) is 11.7. The largest absolute Gasteiger partial charge is 0.367 e. The fourth-order valence-electron chi connectivity index (χ4n) is 3.10. The molecule has 0 atom stereocenters. The van der Waals surface area contributed by atoms with E-state index in [-0.39, 0.29) is 5.78 Å². The standard InChI is InChI=1S/C19H24N4O/c1-14(24)15-7-6-10-17(11-15)23-19-12-18(20-13-21-19)22-16-8-4-2-3-5-9-16/h6-7,10-13,16H,2-5,8-9H2,1H3,(H2,20,21,22,23). The zero-order valence-corrected chi connectivity index (χ0v) is 14.1. The number of ketones is 1. The van der Waals surface area contributed by atoms with E-state index in [0.717, 1.165) is 17.3 Å². The predicted octanol–water partition coefficient (Wildman–Crippen LogP) is 4.56. The van der Waals surface area contributed by atoms with Crippen molar-refractivity contribution in [2.24, 2.45) is 0 Å². The fourth-order valence-corrected chi connectivity index (χ4v) is 3.10. The van der Waals surface area contributed by atoms with Gasteiger partial charge in [0.05, 0.1) is 0 Å². The van der Waals surface area contributed by atoms with Gasteiger partial charge in [-0.15, -0.1) is 0 Å². The lowest BCUT2D eigenvalue weighted by Crippen LogP contribution is -2.19. The van der Waals surface area contributed by atoms with Crippen molar-refractivity contribution in [2.75, 3.05) is 10.6 Å². The van der Waals surface area contributed by atoms with Gasteiger partial charge in [-0.1, -0.05) is 37.8 Å². The Morgan fingerprint density at radius 2 is 1.79 bits per heavy atom. The van der Waals surface area contributed by atoms with E-state index in [2.05, 4.69) is 20.6 Å². The molecule has 3 rings (SSSR count). The molecule has 126 valence electrons. The molecular weight excluding hydrogens is 300 g/mol. The summed E-state index contributed by atoms with van der Waals surface area (Å²) >= 11 is 0. The number of carbonyl (C=O) groups is 1. The van der Waals surface area contributed by atoms with Crippen LogP contribution in [0.1, 0.15) is 55.8 Å². The summed E-state index contributed by atoms with van der Waals surface area (Å²) in [4.78, 5) is 20.1. The van der Waals surface area contributed by atoms with Gasteiger partial charge in [0, 0.05) is 23.4 Å². The average molecular weight is 324 g/mol. The van der Waals surface area contributed by atoms with Crippen LogP contribution in [0.5, 0.6) is 0 Å². The van der Waals surface area contributed by atoms with Crippen molar-refractivity contribution in [3.05, 3.63) is 42.2 Å². The van der Waals surface area contributed by atoms with Crippen molar-refractivity contribution < 1.29 is 4.79 Å². The summed E-state index contributed by atoms with van der Waals surface area (Å²) in [7, 11) is 0. The van der Waals surface area contributed by atoms with Gasteiger partial charge < -0.3 is 10.6 Å². The molecule has 0 bridgehead atoms. The summed E-state index contributed by atoms with van der Waals surface area (Å²) in [6.45, 7) is 1.57. The first-order valence-electron chi connectivity index (χ1n) is 8.67. The van der Waals surface area contributed by atoms with Gasteiger partial charge in [0.15, 0.2) is 5.78 Å². The molecule has 1 heterocycles. The number of carbonyl (C=O) groups excluding carboxylic acids is 1. The fraction of sp³-hybridized carbons (Fsp3) is 0.421. The summed E-state index contributed by atoms with van der Waals surface area (Å²) in [5, 5.41) is 6.78. The van der Waals surface area contributed by atoms with Crippen LogP contribution in [0.2, 0.25) is 0 Å². The molecule has 24 heavy (non-hydrogen) atoms. The molecule has 1 aromatic heterocycles. The normalized spacial score (nSPS) is 15.5. The third-order valence-corrected chi connectivity index (χ3v) is 4.42. The molecule has 0 unspecified atom stereocenters. The minimum absolute atomic E-state index is 0.0528. The van der Waals surface area contributed by atoms with Gasteiger partial charge in [-0.3, -0.25) is 4.79 Å². The topological polar surface area (TPSA) is 66.9 Å². The molecular formula is C19H24N4O. The van der Waals surface area contributed by atoms with Gasteiger partial charge in [0.25, 0.3) is 0 Å². The second-order valence-electron chi connectivity index (χ2n) is 6.38. The Hall–Kier alpha value is -2.43. The molecule has 1 saturated carbocycles. The maximum Gasteiger partial charge on any atom is 0.159 e. The van der Waals surface area contributed by atoms with Gasteiger partial charge in [0.1, 0.15) is 18.0 Å². The number of benzene rings is 1. The van der Waals surface area contributed by atoms with E-state index in [1.165, 1.54) is 38.5 Å². The summed E-state index contributed by atoms with van der Waals surface area (Å²) in [5.41, 5.74) is 1.53. The molecule has 0 radical (unpaired) electrons. The number of nitrogens with one attached hydrogen (secondary N) is 2. The van der Waals surface area contributed by atoms with Crippen LogP contribution in [-0.4, -0.2) is 21.8 Å². The number of Topliss-reactive ketones (excluding diaryl/α,β-unsaturated/α-hetero) is 1. The maximum atomic E-state index is 11.5. The van der Waals surface area contributed by atoms with E-state index in [4.69, 9.17) is 0 Å². The average Bonchev–Trinajstić information content (AvgIpc) is 2.84. The lowest BCUT2D eigenvalue weighted by molar-refractivity contribution is 0.101. The first kappa shape index (κ1) is 16.4. The number of rotatable bonds is 5. The maximum absolute atomic E-state index is 11.5. The van der Waals surface area contributed by atoms with Crippen LogP contribution in [0, 0.1) is 0 Å². The Morgan fingerprint density at radius 3 is 2.54 bits per heavy atom. The van der Waals surface area contributed by atoms with Crippen LogP contribution in [0.15, 0.2) is 36.7 Å². The zero-order chi connectivity index (χ0) is 16.8. The monoisotopic (exact) mass is 324 g/mol. The number of nitrogens with zero attached hydrogens (tertiary/aromatic N) is 2. The third-order valence-electron chi connectivity index (χ3n) is 4.42. The smallest absolute Gasteiger partial charge is 0.159 e. The van der Waals surface area contributed by atoms with Crippen LogP contribution < -0.4 is 10.6 Å². The minimum atomic E-state index is 0.0528. The van der Waals surface area contributed by atoms with Crippen LogP contribution in [-0.2, 0) is 0 Å². The van der Waals surface area contributed by atoms with Gasteiger partial charge in [-0.05, 0) is 31.9 Å². The Morgan fingerprint density at radius 1 is 1.04 bits per heavy atom. The van der Waals surface area contributed by atoms with Crippen molar-refractivity contribution in [3.8, 4) is 0 Å². The van der Waals surface area contributed by atoms with Crippen molar-refractivity contribution in [2.45, 2.75) is 51.5 Å². The summed E-state index contributed by atoms with van der Waals surface area (Å²) in [6.07, 6.45) is 9.21. The Labute approximate surface area is 142 Å². The van der Waals surface area contributed by atoms with Gasteiger partial charge >= 0.3 is 0 Å². The molecule has 1 aliphatic carbocycles. The zero-order valence-electron chi connectivity index (χ0n) is 14.1. The highest BCUT2D eigenvalue weighted by atomic mass is 16.1. The summed E-state index contributed by atoms with van der Waals surface area (Å²) < 4.78 is 0. The number of anilines is 3. The van der Waals surface area contributed by atoms with E-state index >= 15 is 0 Å². The highest BCUT2D eigenvalue weighted by molar-refractivity contribution is 5.95. The second-order valence-corrected chi connectivity index (χ2v) is 6.38. The minimum Gasteiger partial charge on any atom is -0.367 e. The molecule has 0 saturated heterocycles.